The van der Waals surface area contributed by atoms with E-state index in [1.165, 1.54) is 11.0 Å². The molecule has 2 atom stereocenters. The second-order valence-electron chi connectivity index (χ2n) is 11.3. The summed E-state index contributed by atoms with van der Waals surface area (Å²) < 4.78 is 14.7. The zero-order chi connectivity index (χ0) is 27.2. The first-order valence-corrected chi connectivity index (χ1v) is 12.8. The lowest BCUT2D eigenvalue weighted by Gasteiger charge is -2.44. The van der Waals surface area contributed by atoms with E-state index in [1.54, 1.807) is 29.2 Å². The standard InChI is InChI=1S/C28H32FN5O4/c1-28(2,3)24-22(10-11-34(24)27(37)38)30-17-14-33(15-17)26(36)20-12-16(8-9-21(20)29)13-23-18-6-4-5-7-19(18)25(35)32-31-23/h4-9,12,17,22,24,30H,10-11,13-15H2,1-3H3,(H,32,35)(H,37,38)/t22?,24-/m0/s1. The van der Waals surface area contributed by atoms with Crippen LogP contribution in [-0.4, -0.2) is 74.9 Å². The predicted molar refractivity (Wildman–Crippen MR) is 141 cm³/mol. The number of hydrogen-bond donors (Lipinski definition) is 3. The molecule has 0 saturated carbocycles. The zero-order valence-corrected chi connectivity index (χ0v) is 21.7. The number of benzene rings is 2. The van der Waals surface area contributed by atoms with Crippen molar-refractivity contribution in [3.05, 3.63) is 75.5 Å². The van der Waals surface area contributed by atoms with E-state index in [0.29, 0.717) is 54.5 Å². The SMILES string of the molecule is CC(C)(C)[C@@H]1C(NC2CN(C(=O)c3cc(Cc4n[nH]c(=O)c5ccccc45)ccc3F)C2)CCN1C(=O)O. The Balaban J connectivity index is 1.26. The normalized spacial score (nSPS) is 20.1. The molecule has 38 heavy (non-hydrogen) atoms. The van der Waals surface area contributed by atoms with Crippen molar-refractivity contribution in [1.82, 2.24) is 25.3 Å². The molecule has 0 spiro atoms. The van der Waals surface area contributed by atoms with E-state index in [4.69, 9.17) is 0 Å². The van der Waals surface area contributed by atoms with Gasteiger partial charge in [-0.05, 0) is 35.6 Å². The Morgan fingerprint density at radius 1 is 1.16 bits per heavy atom. The average molecular weight is 522 g/mol. The molecule has 2 aliphatic rings. The Morgan fingerprint density at radius 3 is 2.55 bits per heavy atom. The minimum Gasteiger partial charge on any atom is -0.465 e. The number of hydrogen-bond acceptors (Lipinski definition) is 5. The van der Waals surface area contributed by atoms with Crippen LogP contribution in [0.3, 0.4) is 0 Å². The van der Waals surface area contributed by atoms with Gasteiger partial charge in [0, 0.05) is 43.5 Å². The molecule has 5 rings (SSSR count). The summed E-state index contributed by atoms with van der Waals surface area (Å²) in [4.78, 5) is 40.1. The molecule has 10 heteroatoms. The Morgan fingerprint density at radius 2 is 1.87 bits per heavy atom. The van der Waals surface area contributed by atoms with E-state index in [9.17, 15) is 23.9 Å². The molecule has 3 heterocycles. The van der Waals surface area contributed by atoms with Crippen molar-refractivity contribution in [2.24, 2.45) is 5.41 Å². The highest BCUT2D eigenvalue weighted by Gasteiger charge is 2.46. The average Bonchev–Trinajstić information content (AvgIpc) is 3.29. The fourth-order valence-corrected chi connectivity index (χ4v) is 5.82. The van der Waals surface area contributed by atoms with Crippen molar-refractivity contribution in [3.63, 3.8) is 0 Å². The summed E-state index contributed by atoms with van der Waals surface area (Å²) in [7, 11) is 0. The fraction of sp³-hybridized carbons (Fsp3) is 0.429. The highest BCUT2D eigenvalue weighted by molar-refractivity contribution is 5.95. The van der Waals surface area contributed by atoms with Crippen molar-refractivity contribution >= 4 is 22.8 Å². The molecule has 2 aromatic carbocycles. The molecule has 2 aliphatic heterocycles. The summed E-state index contributed by atoms with van der Waals surface area (Å²) in [6, 6.07) is 11.5. The number of carbonyl (C=O) groups excluding carboxylic acids is 1. The van der Waals surface area contributed by atoms with Crippen LogP contribution in [0, 0.1) is 11.2 Å². The molecule has 3 N–H and O–H groups in total. The zero-order valence-electron chi connectivity index (χ0n) is 21.7. The predicted octanol–water partition coefficient (Wildman–Crippen LogP) is 3.23. The van der Waals surface area contributed by atoms with Gasteiger partial charge in [-0.15, -0.1) is 0 Å². The number of fused-ring (bicyclic) bond motifs is 1. The largest absolute Gasteiger partial charge is 0.465 e. The van der Waals surface area contributed by atoms with Crippen LogP contribution in [0.2, 0.25) is 0 Å². The maximum absolute atomic E-state index is 14.7. The van der Waals surface area contributed by atoms with Crippen molar-refractivity contribution < 1.29 is 19.1 Å². The van der Waals surface area contributed by atoms with E-state index in [0.717, 1.165) is 0 Å². The first kappa shape index (κ1) is 25.8. The summed E-state index contributed by atoms with van der Waals surface area (Å²) in [6.45, 7) is 7.42. The van der Waals surface area contributed by atoms with Gasteiger partial charge in [0.15, 0.2) is 0 Å². The topological polar surface area (TPSA) is 119 Å². The van der Waals surface area contributed by atoms with Gasteiger partial charge in [-0.1, -0.05) is 45.0 Å². The van der Waals surface area contributed by atoms with Crippen LogP contribution < -0.4 is 10.9 Å². The maximum Gasteiger partial charge on any atom is 0.407 e. The lowest BCUT2D eigenvalue weighted by atomic mass is 9.82. The first-order chi connectivity index (χ1) is 18.0. The lowest BCUT2D eigenvalue weighted by molar-refractivity contribution is 0.0506. The molecule has 200 valence electrons. The molecule has 2 amide bonds. The molecule has 1 aromatic heterocycles. The monoisotopic (exact) mass is 521 g/mol. The number of nitrogens with zero attached hydrogens (tertiary/aromatic N) is 3. The summed E-state index contributed by atoms with van der Waals surface area (Å²) in [5.74, 6) is -0.970. The number of aromatic amines is 1. The number of nitrogens with one attached hydrogen (secondary N) is 2. The van der Waals surface area contributed by atoms with Gasteiger partial charge in [-0.25, -0.2) is 14.3 Å². The third-order valence-electron chi connectivity index (χ3n) is 7.56. The summed E-state index contributed by atoms with van der Waals surface area (Å²) in [5, 5.41) is 21.1. The number of likely N-dealkylation sites (tertiary alicyclic amines) is 2. The minimum absolute atomic E-state index is 0.000155. The number of H-pyrrole nitrogens is 1. The molecule has 3 aromatic rings. The molecular formula is C28H32FN5O4. The summed E-state index contributed by atoms with van der Waals surface area (Å²) in [6.07, 6.45) is 0.126. The quantitative estimate of drug-likeness (QED) is 0.475. The molecule has 9 nitrogen and oxygen atoms in total. The van der Waals surface area contributed by atoms with Crippen molar-refractivity contribution in [1.29, 1.82) is 0 Å². The van der Waals surface area contributed by atoms with E-state index in [2.05, 4.69) is 15.5 Å². The molecular weight excluding hydrogens is 489 g/mol. The number of halogens is 1. The Labute approximate surface area is 219 Å². The smallest absolute Gasteiger partial charge is 0.407 e. The summed E-state index contributed by atoms with van der Waals surface area (Å²) >= 11 is 0. The van der Waals surface area contributed by atoms with Crippen molar-refractivity contribution in [2.45, 2.75) is 51.7 Å². The van der Waals surface area contributed by atoms with Gasteiger partial charge in [0.25, 0.3) is 11.5 Å². The minimum atomic E-state index is -0.917. The van der Waals surface area contributed by atoms with E-state index in [-0.39, 0.29) is 40.6 Å². The van der Waals surface area contributed by atoms with Crippen LogP contribution in [0.4, 0.5) is 9.18 Å². The second kappa shape index (κ2) is 9.83. The van der Waals surface area contributed by atoms with Gasteiger partial charge in [-0.3, -0.25) is 9.59 Å². The van der Waals surface area contributed by atoms with Crippen LogP contribution in [-0.2, 0) is 6.42 Å². The van der Waals surface area contributed by atoms with Crippen molar-refractivity contribution in [2.75, 3.05) is 19.6 Å². The summed E-state index contributed by atoms with van der Waals surface area (Å²) in [5.41, 5.74) is 0.838. The van der Waals surface area contributed by atoms with Crippen LogP contribution in [0.15, 0.2) is 47.3 Å². The van der Waals surface area contributed by atoms with Gasteiger partial charge >= 0.3 is 6.09 Å². The van der Waals surface area contributed by atoms with Gasteiger partial charge in [0.05, 0.1) is 22.7 Å². The van der Waals surface area contributed by atoms with Crippen LogP contribution in [0.25, 0.3) is 10.8 Å². The van der Waals surface area contributed by atoms with E-state index < -0.39 is 11.9 Å². The Hall–Kier alpha value is -3.79. The van der Waals surface area contributed by atoms with Crippen molar-refractivity contribution in [3.8, 4) is 0 Å². The molecule has 0 aliphatic carbocycles. The molecule has 2 fully saturated rings. The fourth-order valence-electron chi connectivity index (χ4n) is 5.82. The molecule has 1 unspecified atom stereocenters. The molecule has 0 radical (unpaired) electrons. The first-order valence-electron chi connectivity index (χ1n) is 12.8. The van der Waals surface area contributed by atoms with Crippen LogP contribution >= 0.6 is 0 Å². The Bertz CT molecular complexity index is 1440. The number of amides is 2. The van der Waals surface area contributed by atoms with Crippen LogP contribution in [0.5, 0.6) is 0 Å². The van der Waals surface area contributed by atoms with E-state index in [1.807, 2.05) is 32.9 Å². The number of rotatable bonds is 5. The lowest BCUT2D eigenvalue weighted by Crippen LogP contribution is -2.64. The highest BCUT2D eigenvalue weighted by atomic mass is 19.1. The van der Waals surface area contributed by atoms with Gasteiger partial charge in [-0.2, -0.15) is 5.10 Å². The maximum atomic E-state index is 14.7. The molecule has 2 saturated heterocycles. The Kier molecular flexibility index (Phi) is 6.68. The number of carboxylic acid groups (broad SMARTS) is 1. The second-order valence-corrected chi connectivity index (χ2v) is 11.3. The molecule has 0 bridgehead atoms. The van der Waals surface area contributed by atoms with Gasteiger partial charge in [0.2, 0.25) is 0 Å². The van der Waals surface area contributed by atoms with Crippen LogP contribution in [0.1, 0.15) is 48.8 Å². The van der Waals surface area contributed by atoms with E-state index >= 15 is 0 Å². The van der Waals surface area contributed by atoms with Gasteiger partial charge in [0.1, 0.15) is 5.82 Å². The van der Waals surface area contributed by atoms with Gasteiger partial charge < -0.3 is 20.2 Å². The third kappa shape index (κ3) is 4.88. The highest BCUT2D eigenvalue weighted by Crippen LogP contribution is 2.34. The number of aromatic nitrogens is 2. The number of carbonyl (C=O) groups is 2. The third-order valence-corrected chi connectivity index (χ3v) is 7.56.